The topological polar surface area (TPSA) is 86.7 Å². The van der Waals surface area contributed by atoms with E-state index in [0.717, 1.165) is 12.8 Å². The highest BCUT2D eigenvalue weighted by Crippen LogP contribution is 2.13. The van der Waals surface area contributed by atoms with Crippen LogP contribution < -0.4 is 0 Å². The Morgan fingerprint density at radius 3 is 2.38 bits per heavy atom. The Hall–Kier alpha value is -2.16. The molecule has 9 heteroatoms. The van der Waals surface area contributed by atoms with E-state index in [-0.39, 0.29) is 24.3 Å². The third-order valence-electron chi connectivity index (χ3n) is 4.69. The van der Waals surface area contributed by atoms with E-state index in [1.54, 1.807) is 27.1 Å². The zero-order valence-corrected chi connectivity index (χ0v) is 15.7. The lowest BCUT2D eigenvalue weighted by Gasteiger charge is -2.24. The second-order valence-corrected chi connectivity index (χ2v) is 7.18. The van der Waals surface area contributed by atoms with Crippen LogP contribution >= 0.6 is 11.8 Å². The molecule has 0 unspecified atom stereocenters. The Kier molecular flexibility index (Phi) is 6.08. The predicted octanol–water partition coefficient (Wildman–Crippen LogP) is 0.495. The highest BCUT2D eigenvalue weighted by atomic mass is 32.2. The molecule has 140 valence electrons. The summed E-state index contributed by atoms with van der Waals surface area (Å²) in [6, 6.07) is 0. The molecule has 0 aromatic carbocycles. The lowest BCUT2D eigenvalue weighted by Crippen LogP contribution is -2.43. The number of hydrogen-bond donors (Lipinski definition) is 0. The predicted molar refractivity (Wildman–Crippen MR) is 96.7 cm³/mol. The van der Waals surface area contributed by atoms with Gasteiger partial charge in [0.15, 0.2) is 5.16 Å². The maximum Gasteiger partial charge on any atom is 0.257 e. The third-order valence-corrected chi connectivity index (χ3v) is 5.27. The van der Waals surface area contributed by atoms with E-state index < -0.39 is 0 Å². The molecule has 0 bridgehead atoms. The normalized spacial score (nSPS) is 18.2. The summed E-state index contributed by atoms with van der Waals surface area (Å²) in [5.74, 6) is -0.0949. The molecule has 26 heavy (non-hydrogen) atoms. The SMILES string of the molecule is CSc1ncc(C(=O)N2CCCN(C(=O)CN3CCCC3=O)CC2)cn1. The van der Waals surface area contributed by atoms with Crippen molar-refractivity contribution in [1.29, 1.82) is 0 Å². The fourth-order valence-corrected chi connectivity index (χ4v) is 3.54. The standard InChI is InChI=1S/C17H23N5O3S/c1-26-17-18-10-13(11-19-17)16(25)21-7-3-6-20(8-9-21)15(24)12-22-5-2-4-14(22)23/h10-11H,2-9,12H2,1H3. The number of rotatable bonds is 4. The van der Waals surface area contributed by atoms with E-state index >= 15 is 0 Å². The Bertz CT molecular complexity index is 681. The number of likely N-dealkylation sites (tertiary alicyclic amines) is 1. The van der Waals surface area contributed by atoms with Gasteiger partial charge in [0, 0.05) is 51.5 Å². The number of aromatic nitrogens is 2. The van der Waals surface area contributed by atoms with Crippen molar-refractivity contribution in [2.45, 2.75) is 24.4 Å². The zero-order chi connectivity index (χ0) is 18.5. The maximum absolute atomic E-state index is 12.6. The smallest absolute Gasteiger partial charge is 0.257 e. The van der Waals surface area contributed by atoms with Crippen LogP contribution in [0.1, 0.15) is 29.6 Å². The van der Waals surface area contributed by atoms with E-state index in [0.29, 0.717) is 49.9 Å². The summed E-state index contributed by atoms with van der Waals surface area (Å²) in [5.41, 5.74) is 0.463. The number of thioether (sulfide) groups is 1. The average Bonchev–Trinajstić information content (AvgIpc) is 2.92. The number of carbonyl (C=O) groups is 3. The van der Waals surface area contributed by atoms with Crippen molar-refractivity contribution >= 4 is 29.5 Å². The van der Waals surface area contributed by atoms with Crippen molar-refractivity contribution in [3.05, 3.63) is 18.0 Å². The minimum atomic E-state index is -0.110. The van der Waals surface area contributed by atoms with Crippen molar-refractivity contribution < 1.29 is 14.4 Å². The van der Waals surface area contributed by atoms with Gasteiger partial charge in [0.25, 0.3) is 5.91 Å². The quantitative estimate of drug-likeness (QED) is 0.561. The fraction of sp³-hybridized carbons (Fsp3) is 0.588. The summed E-state index contributed by atoms with van der Waals surface area (Å²) in [4.78, 5) is 50.2. The monoisotopic (exact) mass is 377 g/mol. The van der Waals surface area contributed by atoms with Crippen LogP contribution in [0.5, 0.6) is 0 Å². The van der Waals surface area contributed by atoms with Crippen LogP contribution in [-0.4, -0.2) is 87.9 Å². The molecule has 3 heterocycles. The third kappa shape index (κ3) is 4.32. The summed E-state index contributed by atoms with van der Waals surface area (Å²) in [6.45, 7) is 2.97. The van der Waals surface area contributed by atoms with Gasteiger partial charge in [-0.15, -0.1) is 0 Å². The Morgan fingerprint density at radius 1 is 1.04 bits per heavy atom. The minimum absolute atomic E-state index is 0.0396. The molecule has 0 radical (unpaired) electrons. The highest BCUT2D eigenvalue weighted by molar-refractivity contribution is 7.98. The molecule has 0 saturated carbocycles. The first kappa shape index (κ1) is 18.6. The van der Waals surface area contributed by atoms with Crippen LogP contribution in [0.4, 0.5) is 0 Å². The van der Waals surface area contributed by atoms with Crippen molar-refractivity contribution in [3.63, 3.8) is 0 Å². The Morgan fingerprint density at radius 2 is 1.73 bits per heavy atom. The molecule has 0 N–H and O–H groups in total. The van der Waals surface area contributed by atoms with Crippen molar-refractivity contribution in [2.75, 3.05) is 45.5 Å². The van der Waals surface area contributed by atoms with E-state index in [1.807, 2.05) is 6.26 Å². The zero-order valence-electron chi connectivity index (χ0n) is 14.9. The molecule has 2 aliphatic heterocycles. The van der Waals surface area contributed by atoms with Gasteiger partial charge in [-0.3, -0.25) is 14.4 Å². The molecular formula is C17H23N5O3S. The van der Waals surface area contributed by atoms with Crippen LogP contribution in [0.15, 0.2) is 17.6 Å². The number of amides is 3. The lowest BCUT2D eigenvalue weighted by molar-refractivity contribution is -0.138. The largest absolute Gasteiger partial charge is 0.339 e. The second kappa shape index (κ2) is 8.48. The maximum atomic E-state index is 12.6. The van der Waals surface area contributed by atoms with Gasteiger partial charge >= 0.3 is 0 Å². The molecule has 3 rings (SSSR count). The minimum Gasteiger partial charge on any atom is -0.339 e. The van der Waals surface area contributed by atoms with Gasteiger partial charge in [-0.2, -0.15) is 0 Å². The first-order valence-corrected chi connectivity index (χ1v) is 10.0. The molecular weight excluding hydrogens is 354 g/mol. The van der Waals surface area contributed by atoms with Crippen LogP contribution in [0.3, 0.4) is 0 Å². The van der Waals surface area contributed by atoms with Crippen LogP contribution in [0, 0.1) is 0 Å². The average molecular weight is 377 g/mol. The first-order chi connectivity index (χ1) is 12.6. The van der Waals surface area contributed by atoms with E-state index in [2.05, 4.69) is 9.97 Å². The summed E-state index contributed by atoms with van der Waals surface area (Å²) in [7, 11) is 0. The highest BCUT2D eigenvalue weighted by Gasteiger charge is 2.27. The van der Waals surface area contributed by atoms with Gasteiger partial charge in [0.2, 0.25) is 11.8 Å². The fourth-order valence-electron chi connectivity index (χ4n) is 3.22. The molecule has 1 aromatic heterocycles. The molecule has 0 spiro atoms. The molecule has 8 nitrogen and oxygen atoms in total. The molecule has 2 aliphatic rings. The van der Waals surface area contributed by atoms with Crippen molar-refractivity contribution in [1.82, 2.24) is 24.7 Å². The van der Waals surface area contributed by atoms with E-state index in [4.69, 9.17) is 0 Å². The molecule has 0 atom stereocenters. The molecule has 0 aliphatic carbocycles. The van der Waals surface area contributed by atoms with Crippen LogP contribution in [-0.2, 0) is 9.59 Å². The molecule has 3 amide bonds. The van der Waals surface area contributed by atoms with Gasteiger partial charge in [0.1, 0.15) is 0 Å². The van der Waals surface area contributed by atoms with Gasteiger partial charge in [-0.05, 0) is 19.1 Å². The summed E-state index contributed by atoms with van der Waals surface area (Å²) >= 11 is 1.43. The number of carbonyl (C=O) groups excluding carboxylic acids is 3. The van der Waals surface area contributed by atoms with Gasteiger partial charge in [-0.25, -0.2) is 9.97 Å². The summed E-state index contributed by atoms with van der Waals surface area (Å²) in [6.07, 6.45) is 7.06. The number of nitrogens with zero attached hydrogens (tertiary/aromatic N) is 5. The Balaban J connectivity index is 1.56. The van der Waals surface area contributed by atoms with E-state index in [9.17, 15) is 14.4 Å². The second-order valence-electron chi connectivity index (χ2n) is 6.40. The first-order valence-electron chi connectivity index (χ1n) is 8.79. The van der Waals surface area contributed by atoms with Gasteiger partial charge in [-0.1, -0.05) is 11.8 Å². The van der Waals surface area contributed by atoms with Gasteiger partial charge < -0.3 is 14.7 Å². The number of hydrogen-bond acceptors (Lipinski definition) is 6. The van der Waals surface area contributed by atoms with Crippen molar-refractivity contribution in [2.24, 2.45) is 0 Å². The summed E-state index contributed by atoms with van der Waals surface area (Å²) < 4.78 is 0. The summed E-state index contributed by atoms with van der Waals surface area (Å²) in [5, 5.41) is 0.630. The Labute approximate surface area is 156 Å². The van der Waals surface area contributed by atoms with E-state index in [1.165, 1.54) is 11.8 Å². The molecule has 1 aromatic rings. The molecule has 2 saturated heterocycles. The van der Waals surface area contributed by atoms with Crippen LogP contribution in [0.25, 0.3) is 0 Å². The lowest BCUT2D eigenvalue weighted by atomic mass is 10.3. The van der Waals surface area contributed by atoms with Crippen molar-refractivity contribution in [3.8, 4) is 0 Å². The van der Waals surface area contributed by atoms with Gasteiger partial charge in [0.05, 0.1) is 12.1 Å². The molecule has 2 fully saturated rings. The van der Waals surface area contributed by atoms with Crippen LogP contribution in [0.2, 0.25) is 0 Å².